The van der Waals surface area contributed by atoms with Gasteiger partial charge in [0.2, 0.25) is 0 Å². The topological polar surface area (TPSA) is 50.2 Å². The summed E-state index contributed by atoms with van der Waals surface area (Å²) in [4.78, 5) is 15.7. The van der Waals surface area contributed by atoms with Crippen LogP contribution >= 0.6 is 0 Å². The highest BCUT2D eigenvalue weighted by Gasteiger charge is 2.26. The van der Waals surface area contributed by atoms with Gasteiger partial charge < -0.3 is 5.32 Å². The summed E-state index contributed by atoms with van der Waals surface area (Å²) < 4.78 is 1.84. The molecule has 1 N–H and O–H groups in total. The van der Waals surface area contributed by atoms with E-state index in [1.807, 2.05) is 35.9 Å². The molecule has 1 saturated carbocycles. The van der Waals surface area contributed by atoms with E-state index in [-0.39, 0.29) is 5.91 Å². The molecular formula is C26H30N4O. The SMILES string of the molecule is Cc1ccccc1-n1ncc(C(=O)Nc2ccc3c(c2)CCN(C2CCC2)CC3)c1C. The summed E-state index contributed by atoms with van der Waals surface area (Å²) in [5, 5.41) is 7.58. The first-order valence-corrected chi connectivity index (χ1v) is 11.4. The number of amides is 1. The Balaban J connectivity index is 1.32. The van der Waals surface area contributed by atoms with Gasteiger partial charge in [-0.25, -0.2) is 4.68 Å². The average Bonchev–Trinajstić information content (AvgIpc) is 2.98. The summed E-state index contributed by atoms with van der Waals surface area (Å²) in [6, 6.07) is 15.3. The van der Waals surface area contributed by atoms with E-state index in [0.717, 1.165) is 54.6 Å². The normalized spacial score (nSPS) is 17.0. The quantitative estimate of drug-likeness (QED) is 0.674. The van der Waals surface area contributed by atoms with Gasteiger partial charge in [-0.15, -0.1) is 0 Å². The van der Waals surface area contributed by atoms with Crippen molar-refractivity contribution in [1.29, 1.82) is 0 Å². The van der Waals surface area contributed by atoms with Gasteiger partial charge in [0.1, 0.15) is 0 Å². The first-order valence-electron chi connectivity index (χ1n) is 11.4. The number of nitrogens with zero attached hydrogens (tertiary/aromatic N) is 3. The van der Waals surface area contributed by atoms with Gasteiger partial charge in [0, 0.05) is 24.8 Å². The number of aryl methyl sites for hydroxylation is 1. The maximum Gasteiger partial charge on any atom is 0.259 e. The molecule has 0 spiro atoms. The van der Waals surface area contributed by atoms with Crippen molar-refractivity contribution in [3.8, 4) is 5.69 Å². The maximum absolute atomic E-state index is 13.0. The summed E-state index contributed by atoms with van der Waals surface area (Å²) in [7, 11) is 0. The third-order valence-corrected chi connectivity index (χ3v) is 6.99. The molecule has 5 nitrogen and oxygen atoms in total. The van der Waals surface area contributed by atoms with E-state index in [4.69, 9.17) is 0 Å². The minimum atomic E-state index is -0.109. The fraction of sp³-hybridized carbons (Fsp3) is 0.385. The zero-order valence-corrected chi connectivity index (χ0v) is 18.4. The lowest BCUT2D eigenvalue weighted by atomic mass is 9.91. The molecule has 1 aromatic heterocycles. The molecule has 1 aliphatic carbocycles. The van der Waals surface area contributed by atoms with Crippen molar-refractivity contribution in [2.45, 2.75) is 52.0 Å². The Morgan fingerprint density at radius 3 is 2.55 bits per heavy atom. The highest BCUT2D eigenvalue weighted by Crippen LogP contribution is 2.28. The van der Waals surface area contributed by atoms with Gasteiger partial charge in [0.25, 0.3) is 5.91 Å². The third kappa shape index (κ3) is 3.90. The molecule has 1 amide bonds. The molecule has 5 rings (SSSR count). The fourth-order valence-electron chi connectivity index (χ4n) is 4.81. The van der Waals surface area contributed by atoms with Crippen molar-refractivity contribution in [3.63, 3.8) is 0 Å². The van der Waals surface area contributed by atoms with Crippen molar-refractivity contribution in [2.75, 3.05) is 18.4 Å². The van der Waals surface area contributed by atoms with E-state index in [1.54, 1.807) is 6.20 Å². The molecule has 1 fully saturated rings. The minimum absolute atomic E-state index is 0.109. The highest BCUT2D eigenvalue weighted by atomic mass is 16.1. The molecule has 0 bridgehead atoms. The van der Waals surface area contributed by atoms with Crippen LogP contribution in [0.3, 0.4) is 0 Å². The number of para-hydroxylation sites is 1. The monoisotopic (exact) mass is 414 g/mol. The Hall–Kier alpha value is -2.92. The molecular weight excluding hydrogens is 384 g/mol. The number of anilines is 1. The first kappa shape index (κ1) is 20.0. The second kappa shape index (κ2) is 8.31. The van der Waals surface area contributed by atoms with Crippen molar-refractivity contribution < 1.29 is 4.79 Å². The minimum Gasteiger partial charge on any atom is -0.322 e. The van der Waals surface area contributed by atoms with Gasteiger partial charge in [-0.2, -0.15) is 5.10 Å². The molecule has 2 heterocycles. The number of hydrogen-bond donors (Lipinski definition) is 1. The van der Waals surface area contributed by atoms with E-state index in [0.29, 0.717) is 5.56 Å². The van der Waals surface area contributed by atoms with E-state index in [2.05, 4.69) is 40.4 Å². The molecule has 2 aliphatic rings. The summed E-state index contributed by atoms with van der Waals surface area (Å²) in [5.41, 5.74) is 7.23. The number of hydrogen-bond acceptors (Lipinski definition) is 3. The maximum atomic E-state index is 13.0. The Kier molecular flexibility index (Phi) is 5.36. The molecule has 160 valence electrons. The van der Waals surface area contributed by atoms with Crippen molar-refractivity contribution >= 4 is 11.6 Å². The first-order chi connectivity index (χ1) is 15.1. The van der Waals surface area contributed by atoms with Gasteiger partial charge >= 0.3 is 0 Å². The second-order valence-electron chi connectivity index (χ2n) is 8.90. The van der Waals surface area contributed by atoms with Gasteiger partial charge in [0.05, 0.1) is 23.1 Å². The lowest BCUT2D eigenvalue weighted by Gasteiger charge is -2.36. The van der Waals surface area contributed by atoms with Crippen LogP contribution in [0.2, 0.25) is 0 Å². The highest BCUT2D eigenvalue weighted by molar-refractivity contribution is 6.05. The number of nitrogens with one attached hydrogen (secondary N) is 1. The lowest BCUT2D eigenvalue weighted by molar-refractivity contribution is 0.102. The van der Waals surface area contributed by atoms with Crippen LogP contribution in [-0.2, 0) is 12.8 Å². The summed E-state index contributed by atoms with van der Waals surface area (Å²) in [6.45, 7) is 6.27. The zero-order valence-electron chi connectivity index (χ0n) is 18.4. The molecule has 0 atom stereocenters. The standard InChI is InChI=1S/C26H30N4O/c1-18-6-3-4-9-25(18)30-19(2)24(17-27-30)26(31)28-22-11-10-20-12-14-29(23-7-5-8-23)15-13-21(20)16-22/h3-4,6,9-11,16-17,23H,5,7-8,12-15H2,1-2H3,(H,28,31). The van der Waals surface area contributed by atoms with Crippen LogP contribution in [0.1, 0.15) is 52.0 Å². The molecule has 3 aromatic rings. The van der Waals surface area contributed by atoms with Crippen LogP contribution in [0.5, 0.6) is 0 Å². The van der Waals surface area contributed by atoms with Gasteiger partial charge in [0.15, 0.2) is 0 Å². The smallest absolute Gasteiger partial charge is 0.259 e. The van der Waals surface area contributed by atoms with E-state index in [1.165, 1.54) is 30.4 Å². The van der Waals surface area contributed by atoms with Crippen LogP contribution in [-0.4, -0.2) is 39.7 Å². The Bertz CT molecular complexity index is 1110. The number of rotatable bonds is 4. The fourth-order valence-corrected chi connectivity index (χ4v) is 4.81. The molecule has 0 unspecified atom stereocenters. The number of carbonyl (C=O) groups is 1. The van der Waals surface area contributed by atoms with E-state index in [9.17, 15) is 4.79 Å². The average molecular weight is 415 g/mol. The van der Waals surface area contributed by atoms with Crippen molar-refractivity contribution in [3.05, 3.63) is 76.6 Å². The lowest BCUT2D eigenvalue weighted by Crippen LogP contribution is -2.41. The summed E-state index contributed by atoms with van der Waals surface area (Å²) in [6.07, 6.45) is 7.91. The molecule has 0 saturated heterocycles. The number of carbonyl (C=O) groups excluding carboxylic acids is 1. The van der Waals surface area contributed by atoms with Gasteiger partial charge in [-0.1, -0.05) is 30.7 Å². The Morgan fingerprint density at radius 1 is 1.03 bits per heavy atom. The Labute approximate surface area is 184 Å². The molecule has 1 aliphatic heterocycles. The van der Waals surface area contributed by atoms with Crippen molar-refractivity contribution in [2.24, 2.45) is 0 Å². The largest absolute Gasteiger partial charge is 0.322 e. The summed E-state index contributed by atoms with van der Waals surface area (Å²) in [5.74, 6) is -0.109. The summed E-state index contributed by atoms with van der Waals surface area (Å²) >= 11 is 0. The molecule has 0 radical (unpaired) electrons. The third-order valence-electron chi connectivity index (χ3n) is 6.99. The van der Waals surface area contributed by atoms with Crippen molar-refractivity contribution in [1.82, 2.24) is 14.7 Å². The van der Waals surface area contributed by atoms with Crippen LogP contribution in [0, 0.1) is 13.8 Å². The van der Waals surface area contributed by atoms with Gasteiger partial charge in [-0.05, 0) is 74.4 Å². The zero-order chi connectivity index (χ0) is 21.4. The molecule has 31 heavy (non-hydrogen) atoms. The Morgan fingerprint density at radius 2 is 1.81 bits per heavy atom. The van der Waals surface area contributed by atoms with Crippen LogP contribution in [0.15, 0.2) is 48.7 Å². The number of fused-ring (bicyclic) bond motifs is 1. The molecule has 5 heteroatoms. The second-order valence-corrected chi connectivity index (χ2v) is 8.90. The predicted octanol–water partition coefficient (Wildman–Crippen LogP) is 4.69. The number of aromatic nitrogens is 2. The van der Waals surface area contributed by atoms with Gasteiger partial charge in [-0.3, -0.25) is 9.69 Å². The molecule has 2 aromatic carbocycles. The van der Waals surface area contributed by atoms with Crippen LogP contribution in [0.4, 0.5) is 5.69 Å². The predicted molar refractivity (Wildman–Crippen MR) is 124 cm³/mol. The van der Waals surface area contributed by atoms with E-state index >= 15 is 0 Å². The number of benzene rings is 2. The van der Waals surface area contributed by atoms with E-state index < -0.39 is 0 Å². The van der Waals surface area contributed by atoms with Crippen LogP contribution in [0.25, 0.3) is 5.69 Å². The van der Waals surface area contributed by atoms with Crippen LogP contribution < -0.4 is 5.32 Å².